The smallest absolute Gasteiger partial charge is 0.311 e. The van der Waals surface area contributed by atoms with Crippen molar-refractivity contribution < 1.29 is 24.2 Å². The average molecular weight is 752 g/mol. The van der Waals surface area contributed by atoms with Crippen LogP contribution in [0.3, 0.4) is 0 Å². The van der Waals surface area contributed by atoms with Gasteiger partial charge in [-0.3, -0.25) is 9.59 Å². The fourth-order valence-electron chi connectivity index (χ4n) is 7.39. The Morgan fingerprint density at radius 3 is 1.36 bits per heavy atom. The second-order valence-corrected chi connectivity index (χ2v) is 17.8. The summed E-state index contributed by atoms with van der Waals surface area (Å²) in [5, 5.41) is 9.65. The molecule has 0 unspecified atom stereocenters. The van der Waals surface area contributed by atoms with Gasteiger partial charge in [0.05, 0.1) is 30.7 Å². The van der Waals surface area contributed by atoms with Gasteiger partial charge in [0.25, 0.3) is 0 Å². The molecule has 0 spiro atoms. The van der Waals surface area contributed by atoms with Gasteiger partial charge in [0, 0.05) is 6.54 Å². The van der Waals surface area contributed by atoms with Gasteiger partial charge in [-0.2, -0.15) is 0 Å². The summed E-state index contributed by atoms with van der Waals surface area (Å²) in [7, 11) is 0. The van der Waals surface area contributed by atoms with E-state index >= 15 is 0 Å². The summed E-state index contributed by atoms with van der Waals surface area (Å²) in [6.07, 6.45) is 34.7. The fraction of sp³-hybridized carbons (Fsp3) is 0.957. The number of carbonyl (C=O) groups excluding carboxylic acids is 2. The minimum atomic E-state index is -0.454. The molecule has 0 aliphatic rings. The second-order valence-electron chi connectivity index (χ2n) is 17.8. The van der Waals surface area contributed by atoms with Gasteiger partial charge in [-0.1, -0.05) is 162 Å². The fourth-order valence-corrected chi connectivity index (χ4v) is 7.39. The minimum Gasteiger partial charge on any atom is -0.465 e. The third kappa shape index (κ3) is 30.7. The number of aliphatic hydroxyl groups is 1. The molecule has 6 heteroatoms. The van der Waals surface area contributed by atoms with E-state index in [1.54, 1.807) is 0 Å². The first-order valence-electron chi connectivity index (χ1n) is 23.2. The molecule has 0 radical (unpaired) electrons. The third-order valence-corrected chi connectivity index (χ3v) is 11.4. The molecule has 0 aromatic rings. The van der Waals surface area contributed by atoms with Crippen molar-refractivity contribution in [2.24, 2.45) is 16.7 Å². The molecule has 0 aromatic heterocycles. The Kier molecular flexibility index (Phi) is 34.5. The predicted octanol–water partition coefficient (Wildman–Crippen LogP) is 13.4. The van der Waals surface area contributed by atoms with E-state index in [9.17, 15) is 14.7 Å². The van der Waals surface area contributed by atoms with Crippen LogP contribution in [-0.4, -0.2) is 61.4 Å². The molecule has 0 fully saturated rings. The van der Waals surface area contributed by atoms with Gasteiger partial charge in [0.15, 0.2) is 0 Å². The highest BCUT2D eigenvalue weighted by Crippen LogP contribution is 2.28. The van der Waals surface area contributed by atoms with Gasteiger partial charge in [-0.05, 0) is 91.6 Å². The van der Waals surface area contributed by atoms with Crippen molar-refractivity contribution in [1.29, 1.82) is 0 Å². The summed E-state index contributed by atoms with van der Waals surface area (Å²) >= 11 is 0. The zero-order chi connectivity index (χ0) is 39.5. The van der Waals surface area contributed by atoms with E-state index in [4.69, 9.17) is 9.47 Å². The molecule has 316 valence electrons. The molecule has 0 saturated heterocycles. The van der Waals surface area contributed by atoms with Crippen LogP contribution in [0, 0.1) is 16.7 Å². The van der Waals surface area contributed by atoms with Crippen molar-refractivity contribution in [2.45, 2.75) is 235 Å². The topological polar surface area (TPSA) is 76.1 Å². The first-order valence-corrected chi connectivity index (χ1v) is 23.2. The summed E-state index contributed by atoms with van der Waals surface area (Å²) in [5.74, 6) is 0.414. The number of rotatable bonds is 40. The van der Waals surface area contributed by atoms with Crippen LogP contribution in [0.4, 0.5) is 0 Å². The Morgan fingerprint density at radius 1 is 0.491 bits per heavy atom. The highest BCUT2D eigenvalue weighted by atomic mass is 16.5. The molecule has 1 N–H and O–H groups in total. The number of hydrogen-bond donors (Lipinski definition) is 1. The van der Waals surface area contributed by atoms with E-state index in [2.05, 4.69) is 39.5 Å². The number of carbonyl (C=O) groups is 2. The molecular formula is C47H93NO5. The maximum atomic E-state index is 13.1. The first kappa shape index (κ1) is 51.9. The molecule has 0 aromatic carbocycles. The Balaban J connectivity index is 4.30. The summed E-state index contributed by atoms with van der Waals surface area (Å²) in [6.45, 7) is 18.9. The lowest BCUT2D eigenvalue weighted by atomic mass is 9.86. The molecule has 0 aliphatic heterocycles. The van der Waals surface area contributed by atoms with E-state index in [1.165, 1.54) is 122 Å². The van der Waals surface area contributed by atoms with Crippen LogP contribution in [-0.2, 0) is 19.1 Å². The zero-order valence-corrected chi connectivity index (χ0v) is 36.9. The Bertz CT molecular complexity index is 814. The van der Waals surface area contributed by atoms with Gasteiger partial charge in [0.1, 0.15) is 0 Å². The second kappa shape index (κ2) is 35.3. The number of ether oxygens (including phenoxy) is 2. The molecule has 0 atom stereocenters. The number of aliphatic hydroxyl groups excluding tert-OH is 1. The molecule has 0 amide bonds. The Hall–Kier alpha value is -1.14. The Labute approximate surface area is 331 Å². The first-order chi connectivity index (χ1) is 25.5. The highest BCUT2D eigenvalue weighted by Gasteiger charge is 2.30. The highest BCUT2D eigenvalue weighted by molar-refractivity contribution is 5.76. The van der Waals surface area contributed by atoms with Crippen molar-refractivity contribution in [3.05, 3.63) is 0 Å². The predicted molar refractivity (Wildman–Crippen MR) is 227 cm³/mol. The number of esters is 2. The number of unbranched alkanes of at least 4 members (excludes halogenated alkanes) is 20. The van der Waals surface area contributed by atoms with Gasteiger partial charge in [0.2, 0.25) is 0 Å². The van der Waals surface area contributed by atoms with E-state index in [1.807, 2.05) is 13.8 Å². The summed E-state index contributed by atoms with van der Waals surface area (Å²) < 4.78 is 11.7. The third-order valence-electron chi connectivity index (χ3n) is 11.4. The summed E-state index contributed by atoms with van der Waals surface area (Å²) in [5.41, 5.74) is -0.895. The van der Waals surface area contributed by atoms with Crippen LogP contribution < -0.4 is 0 Å². The summed E-state index contributed by atoms with van der Waals surface area (Å²) in [4.78, 5) is 28.3. The lowest BCUT2D eigenvalue weighted by Crippen LogP contribution is -2.30. The van der Waals surface area contributed by atoms with Crippen molar-refractivity contribution in [3.8, 4) is 0 Å². The molecule has 0 bridgehead atoms. The standard InChI is InChI=1S/C47H93NO5/c1-8-11-14-17-18-19-20-25-32-41-52-44(50)46(4,5)36-29-31-38-48(39-40-49)37-30-24-23-28-35-47(6,7)45(51)53-42-43(33-26-21-15-12-9-2)34-27-22-16-13-10-3/h43,49H,8-42H2,1-7H3. The average Bonchev–Trinajstić information content (AvgIpc) is 3.13. The van der Waals surface area contributed by atoms with Crippen molar-refractivity contribution in [2.75, 3.05) is 39.5 Å². The van der Waals surface area contributed by atoms with E-state index in [-0.39, 0.29) is 18.5 Å². The molecule has 0 aliphatic carbocycles. The molecule has 53 heavy (non-hydrogen) atoms. The van der Waals surface area contributed by atoms with Gasteiger partial charge < -0.3 is 19.5 Å². The van der Waals surface area contributed by atoms with Crippen LogP contribution in [0.15, 0.2) is 0 Å². The van der Waals surface area contributed by atoms with E-state index < -0.39 is 10.8 Å². The molecule has 0 heterocycles. The maximum Gasteiger partial charge on any atom is 0.311 e. The van der Waals surface area contributed by atoms with Crippen LogP contribution in [0.2, 0.25) is 0 Å². The van der Waals surface area contributed by atoms with Gasteiger partial charge in [-0.25, -0.2) is 0 Å². The quantitative estimate of drug-likeness (QED) is 0.0496. The monoisotopic (exact) mass is 752 g/mol. The molecule has 6 nitrogen and oxygen atoms in total. The lowest BCUT2D eigenvalue weighted by Gasteiger charge is -2.25. The van der Waals surface area contributed by atoms with Crippen molar-refractivity contribution >= 4 is 11.9 Å². The van der Waals surface area contributed by atoms with E-state index in [0.29, 0.717) is 25.7 Å². The van der Waals surface area contributed by atoms with Gasteiger partial charge in [-0.15, -0.1) is 0 Å². The van der Waals surface area contributed by atoms with Crippen LogP contribution >= 0.6 is 0 Å². The van der Waals surface area contributed by atoms with Crippen molar-refractivity contribution in [3.63, 3.8) is 0 Å². The normalized spacial score (nSPS) is 12.3. The number of nitrogens with zero attached hydrogens (tertiary/aromatic N) is 1. The van der Waals surface area contributed by atoms with Gasteiger partial charge >= 0.3 is 11.9 Å². The molecular weight excluding hydrogens is 659 g/mol. The zero-order valence-electron chi connectivity index (χ0n) is 36.9. The van der Waals surface area contributed by atoms with Crippen LogP contribution in [0.5, 0.6) is 0 Å². The number of hydrogen-bond acceptors (Lipinski definition) is 6. The lowest BCUT2D eigenvalue weighted by molar-refractivity contribution is -0.156. The molecule has 0 rings (SSSR count). The van der Waals surface area contributed by atoms with Crippen LogP contribution in [0.1, 0.15) is 235 Å². The summed E-state index contributed by atoms with van der Waals surface area (Å²) in [6, 6.07) is 0. The maximum absolute atomic E-state index is 13.1. The van der Waals surface area contributed by atoms with Crippen LogP contribution in [0.25, 0.3) is 0 Å². The van der Waals surface area contributed by atoms with Crippen molar-refractivity contribution in [1.82, 2.24) is 4.90 Å². The molecule has 0 saturated carbocycles. The Morgan fingerprint density at radius 2 is 0.868 bits per heavy atom. The van der Waals surface area contributed by atoms with E-state index in [0.717, 1.165) is 77.3 Å². The minimum absolute atomic E-state index is 0.0242. The largest absolute Gasteiger partial charge is 0.465 e. The SMILES string of the molecule is CCCCCCCCCCCOC(=O)C(C)(C)CCCCN(CCO)CCCCCCC(C)(C)C(=O)OCC(CCCCCCC)CCCCCCC.